The molecule has 88 valence electrons. The van der Waals surface area contributed by atoms with E-state index in [2.05, 4.69) is 14.6 Å². The maximum atomic E-state index is 10.6. The summed E-state index contributed by atoms with van der Waals surface area (Å²) in [6, 6.07) is 3.17. The smallest absolute Gasteiger partial charge is 0.337 e. The number of rotatable bonds is 4. The zero-order chi connectivity index (χ0) is 12.3. The summed E-state index contributed by atoms with van der Waals surface area (Å²) in [5, 5.41) is 13.3. The fourth-order valence-electron chi connectivity index (χ4n) is 1.02. The summed E-state index contributed by atoms with van der Waals surface area (Å²) in [5.41, 5.74) is 0.883. The van der Waals surface area contributed by atoms with Gasteiger partial charge < -0.3 is 5.11 Å². The molecule has 0 atom stereocenters. The van der Waals surface area contributed by atoms with Gasteiger partial charge in [0.05, 0.1) is 10.6 Å². The van der Waals surface area contributed by atoms with Crippen molar-refractivity contribution in [1.29, 1.82) is 0 Å². The van der Waals surface area contributed by atoms with Crippen LogP contribution in [0.4, 0.5) is 0 Å². The summed E-state index contributed by atoms with van der Waals surface area (Å²) in [7, 11) is 0. The highest BCUT2D eigenvalue weighted by Gasteiger charge is 2.07. The molecule has 0 spiro atoms. The van der Waals surface area contributed by atoms with Crippen LogP contribution in [0.15, 0.2) is 23.4 Å². The van der Waals surface area contributed by atoms with Gasteiger partial charge in [-0.05, 0) is 12.1 Å². The summed E-state index contributed by atoms with van der Waals surface area (Å²) in [6.07, 6.45) is 1.32. The molecule has 17 heavy (non-hydrogen) atoms. The third-order valence-electron chi connectivity index (χ3n) is 1.85. The van der Waals surface area contributed by atoms with Gasteiger partial charge in [0.25, 0.3) is 0 Å². The Morgan fingerprint density at radius 3 is 2.88 bits per heavy atom. The number of hydrogen-bond acceptors (Lipinski definition) is 6. The Morgan fingerprint density at radius 1 is 1.53 bits per heavy atom. The maximum Gasteiger partial charge on any atom is 0.337 e. The number of carbonyl (C=O) groups is 1. The van der Waals surface area contributed by atoms with Gasteiger partial charge in [-0.25, -0.2) is 9.78 Å². The minimum atomic E-state index is -0.985. The second-order valence-electron chi connectivity index (χ2n) is 2.97. The van der Waals surface area contributed by atoms with E-state index in [0.717, 1.165) is 16.6 Å². The molecule has 0 aromatic carbocycles. The molecule has 2 aromatic heterocycles. The number of aromatic carboxylic acids is 1. The molecule has 0 radical (unpaired) electrons. The van der Waals surface area contributed by atoms with Crippen LogP contribution in [-0.4, -0.2) is 25.6 Å². The predicted octanol–water partition coefficient (Wildman–Crippen LogP) is 2.58. The first-order chi connectivity index (χ1) is 8.16. The molecule has 2 heterocycles. The number of aromatic nitrogens is 3. The van der Waals surface area contributed by atoms with E-state index >= 15 is 0 Å². The third kappa shape index (κ3) is 3.15. The SMILES string of the molecule is O=C(O)c1ccc(SCc2nnsc2Cl)nc1. The lowest BCUT2D eigenvalue weighted by molar-refractivity contribution is 0.0696. The standard InChI is InChI=1S/C9H6ClN3O2S2/c10-8-6(12-13-17-8)4-16-7-2-1-5(3-11-7)9(14)15/h1-3H,4H2,(H,14,15). The second-order valence-corrected chi connectivity index (χ2v) is 5.32. The van der Waals surface area contributed by atoms with Gasteiger partial charge in [-0.2, -0.15) is 0 Å². The molecule has 0 fully saturated rings. The molecule has 0 aliphatic rings. The molecular formula is C9H6ClN3O2S2. The van der Waals surface area contributed by atoms with E-state index in [-0.39, 0.29) is 5.56 Å². The third-order valence-corrected chi connectivity index (χ3v) is 3.79. The van der Waals surface area contributed by atoms with Crippen molar-refractivity contribution in [3.63, 3.8) is 0 Å². The minimum Gasteiger partial charge on any atom is -0.478 e. The van der Waals surface area contributed by atoms with Crippen molar-refractivity contribution in [2.24, 2.45) is 0 Å². The molecule has 8 heteroatoms. The summed E-state index contributed by atoms with van der Waals surface area (Å²) in [5.74, 6) is -0.421. The monoisotopic (exact) mass is 287 g/mol. The molecule has 2 aromatic rings. The zero-order valence-electron chi connectivity index (χ0n) is 8.33. The van der Waals surface area contributed by atoms with Crippen LogP contribution < -0.4 is 0 Å². The molecule has 5 nitrogen and oxygen atoms in total. The number of nitrogens with zero attached hydrogens (tertiary/aromatic N) is 3. The lowest BCUT2D eigenvalue weighted by Gasteiger charge is -1.99. The summed E-state index contributed by atoms with van der Waals surface area (Å²) >= 11 is 8.42. The van der Waals surface area contributed by atoms with E-state index in [4.69, 9.17) is 16.7 Å². The number of carboxylic acid groups (broad SMARTS) is 1. The molecule has 0 aliphatic heterocycles. The summed E-state index contributed by atoms with van der Waals surface area (Å²) in [6.45, 7) is 0. The van der Waals surface area contributed by atoms with E-state index < -0.39 is 5.97 Å². The Kier molecular flexibility index (Phi) is 3.93. The Morgan fingerprint density at radius 2 is 2.35 bits per heavy atom. The quantitative estimate of drug-likeness (QED) is 0.871. The van der Waals surface area contributed by atoms with Crippen LogP contribution in [0.2, 0.25) is 4.34 Å². The largest absolute Gasteiger partial charge is 0.478 e. The number of hydrogen-bond donors (Lipinski definition) is 1. The van der Waals surface area contributed by atoms with E-state index in [9.17, 15) is 4.79 Å². The van der Waals surface area contributed by atoms with Crippen LogP contribution in [-0.2, 0) is 5.75 Å². The zero-order valence-corrected chi connectivity index (χ0v) is 10.7. The van der Waals surface area contributed by atoms with Crippen LogP contribution in [0.5, 0.6) is 0 Å². The first kappa shape index (κ1) is 12.3. The second kappa shape index (κ2) is 5.44. The van der Waals surface area contributed by atoms with Gasteiger partial charge in [-0.1, -0.05) is 27.9 Å². The molecule has 0 unspecified atom stereocenters. The van der Waals surface area contributed by atoms with Crippen molar-refractivity contribution < 1.29 is 9.90 Å². The van der Waals surface area contributed by atoms with E-state index in [1.165, 1.54) is 24.0 Å². The van der Waals surface area contributed by atoms with Crippen LogP contribution in [0, 0.1) is 0 Å². The highest BCUT2D eigenvalue weighted by Crippen LogP contribution is 2.25. The molecule has 0 saturated heterocycles. The van der Waals surface area contributed by atoms with Crippen molar-refractivity contribution in [3.8, 4) is 0 Å². The Bertz CT molecular complexity index is 529. The first-order valence-corrected chi connectivity index (χ1v) is 6.59. The fourth-order valence-corrected chi connectivity index (χ4v) is 2.59. The summed E-state index contributed by atoms with van der Waals surface area (Å²) < 4.78 is 4.29. The Labute approximate surface area is 110 Å². The van der Waals surface area contributed by atoms with Crippen molar-refractivity contribution in [1.82, 2.24) is 14.6 Å². The molecule has 2 rings (SSSR count). The number of halogens is 1. The molecule has 0 saturated carbocycles. The lowest BCUT2D eigenvalue weighted by Crippen LogP contribution is -1.96. The van der Waals surface area contributed by atoms with Crippen LogP contribution >= 0.6 is 34.9 Å². The van der Waals surface area contributed by atoms with Crippen molar-refractivity contribution in [3.05, 3.63) is 33.9 Å². The topological polar surface area (TPSA) is 76.0 Å². The van der Waals surface area contributed by atoms with Gasteiger partial charge in [0.1, 0.15) is 10.0 Å². The molecule has 0 amide bonds. The van der Waals surface area contributed by atoms with Gasteiger partial charge in [0, 0.05) is 23.5 Å². The van der Waals surface area contributed by atoms with Gasteiger partial charge in [-0.15, -0.1) is 5.10 Å². The van der Waals surface area contributed by atoms with Crippen LogP contribution in [0.25, 0.3) is 0 Å². The molecule has 0 aliphatic carbocycles. The number of thioether (sulfide) groups is 1. The molecule has 1 N–H and O–H groups in total. The Hall–Kier alpha value is -1.18. The average Bonchev–Trinajstić information content (AvgIpc) is 2.73. The highest BCUT2D eigenvalue weighted by molar-refractivity contribution is 7.98. The van der Waals surface area contributed by atoms with Crippen LogP contribution in [0.1, 0.15) is 16.1 Å². The number of carboxylic acids is 1. The van der Waals surface area contributed by atoms with Gasteiger partial charge in [0.2, 0.25) is 0 Å². The van der Waals surface area contributed by atoms with Gasteiger partial charge in [0.15, 0.2) is 0 Å². The maximum absolute atomic E-state index is 10.6. The van der Waals surface area contributed by atoms with Crippen LogP contribution in [0.3, 0.4) is 0 Å². The Balaban J connectivity index is 2.00. The van der Waals surface area contributed by atoms with Crippen molar-refractivity contribution >= 4 is 40.9 Å². The lowest BCUT2D eigenvalue weighted by atomic mass is 10.3. The van der Waals surface area contributed by atoms with E-state index in [0.29, 0.717) is 15.8 Å². The first-order valence-electron chi connectivity index (χ1n) is 4.45. The number of pyridine rings is 1. The molecular weight excluding hydrogens is 282 g/mol. The van der Waals surface area contributed by atoms with Gasteiger partial charge >= 0.3 is 5.97 Å². The normalized spacial score (nSPS) is 10.4. The highest BCUT2D eigenvalue weighted by atomic mass is 35.5. The average molecular weight is 288 g/mol. The van der Waals surface area contributed by atoms with Crippen molar-refractivity contribution in [2.45, 2.75) is 10.8 Å². The van der Waals surface area contributed by atoms with E-state index in [1.54, 1.807) is 6.07 Å². The van der Waals surface area contributed by atoms with Gasteiger partial charge in [-0.3, -0.25) is 0 Å². The predicted molar refractivity (Wildman–Crippen MR) is 65.7 cm³/mol. The fraction of sp³-hybridized carbons (Fsp3) is 0.111. The van der Waals surface area contributed by atoms with E-state index in [1.807, 2.05) is 0 Å². The minimum absolute atomic E-state index is 0.169. The van der Waals surface area contributed by atoms with Crippen molar-refractivity contribution in [2.75, 3.05) is 0 Å². The molecule has 0 bridgehead atoms. The summed E-state index contributed by atoms with van der Waals surface area (Å²) in [4.78, 5) is 14.6.